The summed E-state index contributed by atoms with van der Waals surface area (Å²) >= 11 is 3.44. The first-order valence-electron chi connectivity index (χ1n) is 4.94. The van der Waals surface area contributed by atoms with E-state index in [4.69, 9.17) is 0 Å². The lowest BCUT2D eigenvalue weighted by molar-refractivity contribution is 0.401. The largest absolute Gasteiger partial charge is 0.296 e. The molecule has 0 N–H and O–H groups in total. The molecule has 0 aliphatic heterocycles. The molecular formula is C12H18BrN. The fourth-order valence-electron chi connectivity index (χ4n) is 1.50. The molecule has 0 saturated heterocycles. The number of nitrogens with zero attached hydrogens (tertiary/aromatic N) is 1. The Morgan fingerprint density at radius 2 is 2.00 bits per heavy atom. The highest BCUT2D eigenvalue weighted by Crippen LogP contribution is 2.11. The van der Waals surface area contributed by atoms with Crippen molar-refractivity contribution in [2.24, 2.45) is 0 Å². The maximum Gasteiger partial charge on any atom is 0.0539 e. The van der Waals surface area contributed by atoms with Crippen LogP contribution in [0, 0.1) is 13.8 Å². The van der Waals surface area contributed by atoms with Gasteiger partial charge in [-0.25, -0.2) is 0 Å². The zero-order valence-corrected chi connectivity index (χ0v) is 10.8. The Labute approximate surface area is 95.2 Å². The first kappa shape index (κ1) is 11.7. The van der Waals surface area contributed by atoms with E-state index in [1.807, 2.05) is 0 Å². The van der Waals surface area contributed by atoms with Crippen LogP contribution in [0.1, 0.15) is 16.7 Å². The molecule has 1 aromatic rings. The molecule has 0 spiro atoms. The molecule has 0 aliphatic rings. The number of aryl methyl sites for hydroxylation is 2. The Kier molecular flexibility index (Phi) is 4.63. The molecule has 0 saturated carbocycles. The minimum Gasteiger partial charge on any atom is -0.296 e. The maximum atomic E-state index is 3.44. The number of likely N-dealkylation sites (N-methyl/N-ethyl adjacent to an activating group) is 1. The fourth-order valence-corrected chi connectivity index (χ4v) is 1.75. The van der Waals surface area contributed by atoms with Crippen LogP contribution in [-0.2, 0) is 6.42 Å². The Morgan fingerprint density at radius 3 is 2.57 bits per heavy atom. The summed E-state index contributed by atoms with van der Waals surface area (Å²) in [4.78, 5) is 2.26. The van der Waals surface area contributed by atoms with E-state index in [1.54, 1.807) is 0 Å². The zero-order chi connectivity index (χ0) is 10.6. The topological polar surface area (TPSA) is 3.24 Å². The molecule has 1 aromatic carbocycles. The van der Waals surface area contributed by atoms with E-state index < -0.39 is 0 Å². The zero-order valence-electron chi connectivity index (χ0n) is 9.18. The number of halogens is 1. The Hall–Kier alpha value is -0.340. The summed E-state index contributed by atoms with van der Waals surface area (Å²) in [6.45, 7) is 5.44. The van der Waals surface area contributed by atoms with Gasteiger partial charge in [0.15, 0.2) is 0 Å². The Bertz CT molecular complexity index is 296. The summed E-state index contributed by atoms with van der Waals surface area (Å²) in [7, 11) is 2.12. The molecule has 0 radical (unpaired) electrons. The predicted octanol–water partition coefficient (Wildman–Crippen LogP) is 3.13. The first-order chi connectivity index (χ1) is 6.63. The van der Waals surface area contributed by atoms with E-state index in [9.17, 15) is 0 Å². The van der Waals surface area contributed by atoms with Gasteiger partial charge in [0.25, 0.3) is 0 Å². The van der Waals surface area contributed by atoms with Crippen LogP contribution in [-0.4, -0.2) is 23.9 Å². The van der Waals surface area contributed by atoms with Gasteiger partial charge in [-0.1, -0.05) is 39.7 Å². The highest BCUT2D eigenvalue weighted by molar-refractivity contribution is 9.09. The second-order valence-corrected chi connectivity index (χ2v) is 4.38. The summed E-state index contributed by atoms with van der Waals surface area (Å²) < 4.78 is 0. The van der Waals surface area contributed by atoms with Gasteiger partial charge in [0.05, 0.1) is 5.45 Å². The summed E-state index contributed by atoms with van der Waals surface area (Å²) in [5, 5.41) is 0. The number of rotatable bonds is 4. The van der Waals surface area contributed by atoms with Crippen molar-refractivity contribution in [2.45, 2.75) is 20.3 Å². The number of hydrogen-bond donors (Lipinski definition) is 0. The fraction of sp³-hybridized carbons (Fsp3) is 0.500. The smallest absolute Gasteiger partial charge is 0.0539 e. The molecule has 0 heterocycles. The van der Waals surface area contributed by atoms with Crippen molar-refractivity contribution in [1.29, 1.82) is 0 Å². The van der Waals surface area contributed by atoms with Crippen molar-refractivity contribution in [3.63, 3.8) is 0 Å². The van der Waals surface area contributed by atoms with E-state index in [-0.39, 0.29) is 0 Å². The molecule has 1 nitrogen and oxygen atoms in total. The van der Waals surface area contributed by atoms with Crippen LogP contribution < -0.4 is 0 Å². The molecule has 0 atom stereocenters. The standard InChI is InChI=1S/C12H18BrN/c1-10-4-5-12(11(2)8-10)6-7-14(3)9-13/h4-5,8H,6-7,9H2,1-3H3. The van der Waals surface area contributed by atoms with Crippen LogP contribution in [0.5, 0.6) is 0 Å². The summed E-state index contributed by atoms with van der Waals surface area (Å²) in [5.74, 6) is 0. The van der Waals surface area contributed by atoms with Gasteiger partial charge in [-0.05, 0) is 38.4 Å². The lowest BCUT2D eigenvalue weighted by Crippen LogP contribution is -2.19. The highest BCUT2D eigenvalue weighted by atomic mass is 79.9. The van der Waals surface area contributed by atoms with Gasteiger partial charge in [-0.3, -0.25) is 4.90 Å². The lowest BCUT2D eigenvalue weighted by Gasteiger charge is -2.13. The highest BCUT2D eigenvalue weighted by Gasteiger charge is 2.00. The SMILES string of the molecule is Cc1ccc(CCN(C)CBr)c(C)c1. The van der Waals surface area contributed by atoms with Crippen molar-refractivity contribution in [3.05, 3.63) is 34.9 Å². The quantitative estimate of drug-likeness (QED) is 0.591. The maximum absolute atomic E-state index is 3.44. The number of hydrogen-bond acceptors (Lipinski definition) is 1. The van der Waals surface area contributed by atoms with Crippen molar-refractivity contribution >= 4 is 15.9 Å². The van der Waals surface area contributed by atoms with Crippen LogP contribution in [0.2, 0.25) is 0 Å². The first-order valence-corrected chi connectivity index (χ1v) is 6.06. The van der Waals surface area contributed by atoms with Gasteiger partial charge in [-0.15, -0.1) is 0 Å². The van der Waals surface area contributed by atoms with Gasteiger partial charge in [0.2, 0.25) is 0 Å². The van der Waals surface area contributed by atoms with E-state index in [0.717, 1.165) is 18.4 Å². The molecule has 0 bridgehead atoms. The van der Waals surface area contributed by atoms with E-state index >= 15 is 0 Å². The van der Waals surface area contributed by atoms with Gasteiger partial charge < -0.3 is 0 Å². The molecule has 0 aromatic heterocycles. The molecule has 14 heavy (non-hydrogen) atoms. The van der Waals surface area contributed by atoms with Crippen LogP contribution in [0.3, 0.4) is 0 Å². The van der Waals surface area contributed by atoms with Crippen LogP contribution in [0.15, 0.2) is 18.2 Å². The van der Waals surface area contributed by atoms with Crippen LogP contribution in [0.4, 0.5) is 0 Å². The third-order valence-electron chi connectivity index (χ3n) is 2.46. The van der Waals surface area contributed by atoms with Gasteiger partial charge >= 0.3 is 0 Å². The van der Waals surface area contributed by atoms with E-state index in [1.165, 1.54) is 16.7 Å². The molecule has 0 fully saturated rings. The Morgan fingerprint density at radius 1 is 1.29 bits per heavy atom. The van der Waals surface area contributed by atoms with Crippen molar-refractivity contribution in [3.8, 4) is 0 Å². The molecule has 2 heteroatoms. The number of benzene rings is 1. The average Bonchev–Trinajstić information content (AvgIpc) is 2.16. The molecule has 0 amide bonds. The molecule has 0 unspecified atom stereocenters. The molecule has 1 rings (SSSR count). The second-order valence-electron chi connectivity index (χ2n) is 3.88. The van der Waals surface area contributed by atoms with Crippen molar-refractivity contribution in [1.82, 2.24) is 4.90 Å². The second kappa shape index (κ2) is 5.52. The minimum absolute atomic E-state index is 0.942. The summed E-state index contributed by atoms with van der Waals surface area (Å²) in [6.07, 6.45) is 1.13. The normalized spacial score (nSPS) is 10.9. The Balaban J connectivity index is 2.59. The average molecular weight is 256 g/mol. The van der Waals surface area contributed by atoms with Crippen LogP contribution in [0.25, 0.3) is 0 Å². The predicted molar refractivity (Wildman–Crippen MR) is 66.0 cm³/mol. The van der Waals surface area contributed by atoms with Gasteiger partial charge in [0.1, 0.15) is 0 Å². The monoisotopic (exact) mass is 255 g/mol. The third kappa shape index (κ3) is 3.43. The van der Waals surface area contributed by atoms with Gasteiger partial charge in [-0.2, -0.15) is 0 Å². The van der Waals surface area contributed by atoms with Crippen molar-refractivity contribution in [2.75, 3.05) is 19.0 Å². The third-order valence-corrected chi connectivity index (χ3v) is 3.32. The number of alkyl halides is 1. The molecular weight excluding hydrogens is 238 g/mol. The van der Waals surface area contributed by atoms with E-state index in [2.05, 4.69) is 59.9 Å². The van der Waals surface area contributed by atoms with Crippen LogP contribution >= 0.6 is 15.9 Å². The van der Waals surface area contributed by atoms with Gasteiger partial charge in [0, 0.05) is 6.54 Å². The molecule has 0 aliphatic carbocycles. The van der Waals surface area contributed by atoms with Crippen molar-refractivity contribution < 1.29 is 0 Å². The van der Waals surface area contributed by atoms with E-state index in [0.29, 0.717) is 0 Å². The summed E-state index contributed by atoms with van der Waals surface area (Å²) in [6, 6.07) is 6.69. The summed E-state index contributed by atoms with van der Waals surface area (Å²) in [5.41, 5.74) is 5.16. The minimum atomic E-state index is 0.942. The lowest BCUT2D eigenvalue weighted by atomic mass is 10.0. The molecule has 78 valence electrons.